The average molecular weight is 271 g/mol. The summed E-state index contributed by atoms with van der Waals surface area (Å²) in [5.41, 5.74) is 10.6. The third-order valence-electron chi connectivity index (χ3n) is 3.51. The molecule has 1 aromatic heterocycles. The minimum Gasteiger partial charge on any atom is -0.343 e. The highest BCUT2D eigenvalue weighted by molar-refractivity contribution is 6.30. The molecule has 0 aliphatic rings. The van der Waals surface area contributed by atoms with E-state index in [0.29, 0.717) is 6.54 Å². The van der Waals surface area contributed by atoms with Crippen molar-refractivity contribution in [2.75, 3.05) is 0 Å². The predicted octanol–water partition coefficient (Wildman–Crippen LogP) is 3.96. The number of benzene rings is 2. The number of aromatic nitrogens is 1. The van der Waals surface area contributed by atoms with Gasteiger partial charge in [0.1, 0.15) is 0 Å². The van der Waals surface area contributed by atoms with Crippen LogP contribution < -0.4 is 5.73 Å². The lowest BCUT2D eigenvalue weighted by Crippen LogP contribution is -1.99. The number of halogens is 1. The highest BCUT2D eigenvalue weighted by Gasteiger charge is 2.15. The number of aryl methyl sites for hydroxylation is 1. The first-order valence-corrected chi connectivity index (χ1v) is 6.62. The van der Waals surface area contributed by atoms with Gasteiger partial charge in [0.05, 0.1) is 5.69 Å². The number of hydrogen-bond donors (Lipinski definition) is 1. The van der Waals surface area contributed by atoms with Crippen LogP contribution >= 0.6 is 11.6 Å². The van der Waals surface area contributed by atoms with Crippen molar-refractivity contribution in [2.45, 2.75) is 6.54 Å². The number of nitrogens with zero attached hydrogens (tertiary/aromatic N) is 1. The van der Waals surface area contributed by atoms with Gasteiger partial charge in [-0.2, -0.15) is 0 Å². The average Bonchev–Trinajstić information content (AvgIpc) is 2.72. The molecule has 1 heterocycles. The fourth-order valence-corrected chi connectivity index (χ4v) is 2.87. The summed E-state index contributed by atoms with van der Waals surface area (Å²) in [6.07, 6.45) is 0. The van der Waals surface area contributed by atoms with Gasteiger partial charge in [-0.15, -0.1) is 0 Å². The monoisotopic (exact) mass is 270 g/mol. The van der Waals surface area contributed by atoms with Gasteiger partial charge in [-0.3, -0.25) is 0 Å². The Hall–Kier alpha value is -1.77. The van der Waals surface area contributed by atoms with Crippen molar-refractivity contribution < 1.29 is 0 Å². The molecule has 0 fully saturated rings. The summed E-state index contributed by atoms with van der Waals surface area (Å²) < 4.78 is 2.18. The molecule has 2 nitrogen and oxygen atoms in total. The number of nitrogens with two attached hydrogens (primary N) is 1. The highest BCUT2D eigenvalue weighted by atomic mass is 35.5. The minimum atomic E-state index is 0.517. The molecule has 0 bridgehead atoms. The Balaban J connectivity index is 2.37. The molecule has 0 atom stereocenters. The fraction of sp³-hybridized carbons (Fsp3) is 0.125. The summed E-state index contributed by atoms with van der Waals surface area (Å²) in [5, 5.41) is 1.95. The Bertz CT molecular complexity index is 744. The van der Waals surface area contributed by atoms with Crippen LogP contribution in [0.25, 0.3) is 22.2 Å². The van der Waals surface area contributed by atoms with Crippen molar-refractivity contribution in [3.05, 3.63) is 59.1 Å². The molecular formula is C16H15ClN2. The number of hydrogen-bond acceptors (Lipinski definition) is 1. The number of rotatable bonds is 2. The van der Waals surface area contributed by atoms with Crippen molar-refractivity contribution >= 4 is 22.5 Å². The quantitative estimate of drug-likeness (QED) is 0.751. The van der Waals surface area contributed by atoms with Crippen LogP contribution in [0, 0.1) is 0 Å². The molecule has 0 aliphatic heterocycles. The van der Waals surface area contributed by atoms with Gasteiger partial charge >= 0.3 is 0 Å². The van der Waals surface area contributed by atoms with Crippen LogP contribution in [0.15, 0.2) is 48.5 Å². The minimum absolute atomic E-state index is 0.517. The van der Waals surface area contributed by atoms with Crippen molar-refractivity contribution in [1.82, 2.24) is 4.57 Å². The SMILES string of the molecule is Cn1c(-c2cccc(Cl)c2)c(CN)c2ccccc21. The molecule has 2 aromatic carbocycles. The van der Waals surface area contributed by atoms with Gasteiger partial charge in [-0.05, 0) is 29.3 Å². The van der Waals surface area contributed by atoms with E-state index in [2.05, 4.69) is 29.8 Å². The Morgan fingerprint density at radius 1 is 1.11 bits per heavy atom. The van der Waals surface area contributed by atoms with E-state index < -0.39 is 0 Å². The molecule has 3 heteroatoms. The Morgan fingerprint density at radius 2 is 1.89 bits per heavy atom. The molecule has 3 aromatic rings. The lowest BCUT2D eigenvalue weighted by molar-refractivity contribution is 0.959. The first-order valence-electron chi connectivity index (χ1n) is 6.24. The smallest absolute Gasteiger partial charge is 0.0534 e. The van der Waals surface area contributed by atoms with E-state index in [9.17, 15) is 0 Å². The van der Waals surface area contributed by atoms with Crippen LogP contribution in [0.2, 0.25) is 5.02 Å². The molecular weight excluding hydrogens is 256 g/mol. The standard InChI is InChI=1S/C16H15ClN2/c1-19-15-8-3-2-7-13(15)14(10-18)16(19)11-5-4-6-12(17)9-11/h2-9H,10,18H2,1H3. The molecule has 0 amide bonds. The summed E-state index contributed by atoms with van der Waals surface area (Å²) in [5.74, 6) is 0. The largest absolute Gasteiger partial charge is 0.343 e. The molecule has 0 saturated carbocycles. The van der Waals surface area contributed by atoms with E-state index in [1.54, 1.807) is 0 Å². The zero-order valence-corrected chi connectivity index (χ0v) is 11.5. The number of para-hydroxylation sites is 1. The van der Waals surface area contributed by atoms with E-state index in [1.165, 1.54) is 16.5 Å². The van der Waals surface area contributed by atoms with Crippen LogP contribution in [-0.2, 0) is 13.6 Å². The van der Waals surface area contributed by atoms with Gasteiger partial charge < -0.3 is 10.3 Å². The van der Waals surface area contributed by atoms with Crippen LogP contribution in [0.1, 0.15) is 5.56 Å². The molecule has 96 valence electrons. The second-order valence-electron chi connectivity index (χ2n) is 4.62. The summed E-state index contributed by atoms with van der Waals surface area (Å²) in [7, 11) is 2.07. The van der Waals surface area contributed by atoms with Crippen LogP contribution in [0.4, 0.5) is 0 Å². The third kappa shape index (κ3) is 1.93. The molecule has 0 spiro atoms. The maximum atomic E-state index is 6.10. The van der Waals surface area contributed by atoms with Crippen molar-refractivity contribution in [3.63, 3.8) is 0 Å². The molecule has 19 heavy (non-hydrogen) atoms. The van der Waals surface area contributed by atoms with Gasteiger partial charge in [0, 0.05) is 29.5 Å². The molecule has 2 N–H and O–H groups in total. The Labute approximate surface area is 117 Å². The summed E-state index contributed by atoms with van der Waals surface area (Å²) in [4.78, 5) is 0. The van der Waals surface area contributed by atoms with E-state index in [0.717, 1.165) is 16.3 Å². The summed E-state index contributed by atoms with van der Waals surface area (Å²) >= 11 is 6.10. The topological polar surface area (TPSA) is 30.9 Å². The maximum absolute atomic E-state index is 6.10. The van der Waals surface area contributed by atoms with Crippen LogP contribution in [-0.4, -0.2) is 4.57 Å². The molecule has 0 unspecified atom stereocenters. The highest BCUT2D eigenvalue weighted by Crippen LogP contribution is 2.33. The molecule has 0 saturated heterocycles. The van der Waals surface area contributed by atoms with Gasteiger partial charge in [0.2, 0.25) is 0 Å². The molecule has 0 aliphatic carbocycles. The lowest BCUT2D eigenvalue weighted by Gasteiger charge is -2.07. The zero-order chi connectivity index (χ0) is 13.4. The maximum Gasteiger partial charge on any atom is 0.0534 e. The first kappa shape index (κ1) is 12.3. The van der Waals surface area contributed by atoms with E-state index in [4.69, 9.17) is 17.3 Å². The van der Waals surface area contributed by atoms with E-state index >= 15 is 0 Å². The van der Waals surface area contributed by atoms with Gasteiger partial charge in [0.15, 0.2) is 0 Å². The Morgan fingerprint density at radius 3 is 2.63 bits per heavy atom. The Kier molecular flexibility index (Phi) is 3.05. The van der Waals surface area contributed by atoms with Crippen molar-refractivity contribution in [1.29, 1.82) is 0 Å². The van der Waals surface area contributed by atoms with Gasteiger partial charge in [-0.25, -0.2) is 0 Å². The van der Waals surface area contributed by atoms with Crippen LogP contribution in [0.3, 0.4) is 0 Å². The predicted molar refractivity (Wildman–Crippen MR) is 81.3 cm³/mol. The molecule has 0 radical (unpaired) electrons. The van der Waals surface area contributed by atoms with Crippen molar-refractivity contribution in [3.8, 4) is 11.3 Å². The first-order chi connectivity index (χ1) is 9.22. The molecule has 3 rings (SSSR count). The van der Waals surface area contributed by atoms with Crippen molar-refractivity contribution in [2.24, 2.45) is 12.8 Å². The summed E-state index contributed by atoms with van der Waals surface area (Å²) in [6.45, 7) is 0.517. The van der Waals surface area contributed by atoms with Crippen LogP contribution in [0.5, 0.6) is 0 Å². The normalized spacial score (nSPS) is 11.1. The fourth-order valence-electron chi connectivity index (χ4n) is 2.68. The number of fused-ring (bicyclic) bond motifs is 1. The van der Waals surface area contributed by atoms with E-state index in [-0.39, 0.29) is 0 Å². The lowest BCUT2D eigenvalue weighted by atomic mass is 10.1. The second-order valence-corrected chi connectivity index (χ2v) is 5.05. The zero-order valence-electron chi connectivity index (χ0n) is 10.7. The van der Waals surface area contributed by atoms with E-state index in [1.807, 2.05) is 30.3 Å². The van der Waals surface area contributed by atoms with Gasteiger partial charge in [0.25, 0.3) is 0 Å². The second kappa shape index (κ2) is 4.72. The third-order valence-corrected chi connectivity index (χ3v) is 3.75. The van der Waals surface area contributed by atoms with Gasteiger partial charge in [-0.1, -0.05) is 41.9 Å². The summed E-state index contributed by atoms with van der Waals surface area (Å²) in [6, 6.07) is 16.2.